The highest BCUT2D eigenvalue weighted by Gasteiger charge is 2.38. The molecule has 122 valence electrons. The van der Waals surface area contributed by atoms with E-state index in [0.29, 0.717) is 0 Å². The molecule has 1 fully saturated rings. The summed E-state index contributed by atoms with van der Waals surface area (Å²) in [7, 11) is 1.71. The molecule has 5 heteroatoms. The first-order chi connectivity index (χ1) is 11.1. The van der Waals surface area contributed by atoms with E-state index in [1.54, 1.807) is 13.3 Å². The van der Waals surface area contributed by atoms with Crippen molar-refractivity contribution in [2.75, 3.05) is 26.7 Å². The Morgan fingerprint density at radius 2 is 2.04 bits per heavy atom. The third kappa shape index (κ3) is 3.08. The second-order valence-electron chi connectivity index (χ2n) is 6.02. The van der Waals surface area contributed by atoms with Crippen molar-refractivity contribution >= 4 is 0 Å². The van der Waals surface area contributed by atoms with Gasteiger partial charge in [-0.05, 0) is 25.1 Å². The molecule has 0 bridgehead atoms. The normalized spacial score (nSPS) is 21.6. The van der Waals surface area contributed by atoms with Gasteiger partial charge in [0, 0.05) is 31.4 Å². The first-order valence-corrected chi connectivity index (χ1v) is 7.95. The van der Waals surface area contributed by atoms with Gasteiger partial charge in [-0.15, -0.1) is 0 Å². The summed E-state index contributed by atoms with van der Waals surface area (Å²) < 4.78 is 5.55. The lowest BCUT2D eigenvalue weighted by Crippen LogP contribution is -2.59. The van der Waals surface area contributed by atoms with Crippen LogP contribution in [0.2, 0.25) is 0 Å². The van der Waals surface area contributed by atoms with E-state index in [1.807, 2.05) is 43.3 Å². The molecule has 2 unspecified atom stereocenters. The lowest BCUT2D eigenvalue weighted by atomic mass is 9.96. The maximum atomic E-state index is 6.73. The smallest absolute Gasteiger partial charge is 0.123 e. The summed E-state index contributed by atoms with van der Waals surface area (Å²) in [6.07, 6.45) is 1.79. The average molecular weight is 312 g/mol. The topological polar surface area (TPSA) is 63.4 Å². The molecule has 3 rings (SSSR count). The van der Waals surface area contributed by atoms with E-state index in [0.717, 1.165) is 36.6 Å². The molecule has 2 aromatic rings. The highest BCUT2D eigenvalue weighted by Crippen LogP contribution is 2.35. The largest absolute Gasteiger partial charge is 0.496 e. The van der Waals surface area contributed by atoms with Crippen LogP contribution < -0.4 is 15.8 Å². The Labute approximate surface area is 137 Å². The molecule has 0 radical (unpaired) electrons. The van der Waals surface area contributed by atoms with Gasteiger partial charge in [-0.25, -0.2) is 0 Å². The quantitative estimate of drug-likeness (QED) is 0.902. The molecule has 2 atom stereocenters. The lowest BCUT2D eigenvalue weighted by molar-refractivity contribution is 0.0333. The van der Waals surface area contributed by atoms with Crippen LogP contribution in [0, 0.1) is 0 Å². The monoisotopic (exact) mass is 312 g/mol. The highest BCUT2D eigenvalue weighted by molar-refractivity contribution is 5.37. The SMILES string of the molecule is COc1ccccc1C1CNCCN1C(C)(N)c1ccccn1. The number of aromatic nitrogens is 1. The third-order valence-corrected chi connectivity index (χ3v) is 4.52. The summed E-state index contributed by atoms with van der Waals surface area (Å²) >= 11 is 0. The fourth-order valence-corrected chi connectivity index (χ4v) is 3.29. The molecule has 1 aliphatic rings. The fourth-order valence-electron chi connectivity index (χ4n) is 3.29. The van der Waals surface area contributed by atoms with Gasteiger partial charge < -0.3 is 15.8 Å². The molecule has 3 N–H and O–H groups in total. The molecule has 0 saturated carbocycles. The van der Waals surface area contributed by atoms with Gasteiger partial charge in [0.2, 0.25) is 0 Å². The molecular weight excluding hydrogens is 288 g/mol. The van der Waals surface area contributed by atoms with Crippen LogP contribution >= 0.6 is 0 Å². The number of piperazine rings is 1. The second kappa shape index (κ2) is 6.66. The van der Waals surface area contributed by atoms with Gasteiger partial charge in [-0.3, -0.25) is 9.88 Å². The van der Waals surface area contributed by atoms with Gasteiger partial charge in [-0.1, -0.05) is 24.3 Å². The van der Waals surface area contributed by atoms with Crippen molar-refractivity contribution in [3.05, 3.63) is 59.9 Å². The Hall–Kier alpha value is -1.95. The van der Waals surface area contributed by atoms with Crippen LogP contribution in [0.4, 0.5) is 0 Å². The number of nitrogens with two attached hydrogens (primary N) is 1. The van der Waals surface area contributed by atoms with Gasteiger partial charge >= 0.3 is 0 Å². The number of benzene rings is 1. The van der Waals surface area contributed by atoms with Crippen molar-refractivity contribution in [3.63, 3.8) is 0 Å². The van der Waals surface area contributed by atoms with Crippen LogP contribution in [0.5, 0.6) is 5.75 Å². The van der Waals surface area contributed by atoms with Crippen molar-refractivity contribution in [1.29, 1.82) is 0 Å². The minimum Gasteiger partial charge on any atom is -0.496 e. The molecule has 23 heavy (non-hydrogen) atoms. The summed E-state index contributed by atoms with van der Waals surface area (Å²) in [5, 5.41) is 3.46. The van der Waals surface area contributed by atoms with Gasteiger partial charge in [0.25, 0.3) is 0 Å². The average Bonchev–Trinajstić information content (AvgIpc) is 2.62. The van der Waals surface area contributed by atoms with Crippen LogP contribution in [0.3, 0.4) is 0 Å². The number of hydrogen-bond donors (Lipinski definition) is 2. The zero-order chi connectivity index (χ0) is 16.3. The van der Waals surface area contributed by atoms with Crippen molar-refractivity contribution in [3.8, 4) is 5.75 Å². The molecule has 0 aliphatic carbocycles. The maximum absolute atomic E-state index is 6.73. The van der Waals surface area contributed by atoms with Crippen molar-refractivity contribution in [1.82, 2.24) is 15.2 Å². The summed E-state index contributed by atoms with van der Waals surface area (Å²) in [6.45, 7) is 4.63. The van der Waals surface area contributed by atoms with Gasteiger partial charge in [0.1, 0.15) is 11.4 Å². The number of ether oxygens (including phenoxy) is 1. The Morgan fingerprint density at radius 3 is 2.78 bits per heavy atom. The van der Waals surface area contributed by atoms with E-state index in [1.165, 1.54) is 0 Å². The first-order valence-electron chi connectivity index (χ1n) is 7.95. The number of methoxy groups -OCH3 is 1. The molecule has 1 aromatic heterocycles. The Morgan fingerprint density at radius 1 is 1.26 bits per heavy atom. The zero-order valence-corrected chi connectivity index (χ0v) is 13.7. The molecule has 1 saturated heterocycles. The van der Waals surface area contributed by atoms with E-state index < -0.39 is 5.66 Å². The second-order valence-corrected chi connectivity index (χ2v) is 6.02. The first kappa shape index (κ1) is 15.9. The van der Waals surface area contributed by atoms with Crippen LogP contribution in [-0.4, -0.2) is 36.6 Å². The highest BCUT2D eigenvalue weighted by atomic mass is 16.5. The predicted molar refractivity (Wildman–Crippen MR) is 91.1 cm³/mol. The molecule has 1 aromatic carbocycles. The van der Waals surface area contributed by atoms with Gasteiger partial charge in [0.15, 0.2) is 0 Å². The Bertz CT molecular complexity index is 644. The number of hydrogen-bond acceptors (Lipinski definition) is 5. The summed E-state index contributed by atoms with van der Waals surface area (Å²) in [6, 6.07) is 14.2. The minimum absolute atomic E-state index is 0.136. The van der Waals surface area contributed by atoms with Crippen molar-refractivity contribution < 1.29 is 4.74 Å². The Balaban J connectivity index is 1.99. The summed E-state index contributed by atoms with van der Waals surface area (Å²) in [5.74, 6) is 0.892. The lowest BCUT2D eigenvalue weighted by Gasteiger charge is -2.46. The Kier molecular flexibility index (Phi) is 4.61. The maximum Gasteiger partial charge on any atom is 0.123 e. The van der Waals surface area contributed by atoms with Crippen LogP contribution in [0.25, 0.3) is 0 Å². The van der Waals surface area contributed by atoms with Crippen molar-refractivity contribution in [2.45, 2.75) is 18.6 Å². The molecular formula is C18H24N4O. The van der Waals surface area contributed by atoms with Crippen LogP contribution in [-0.2, 0) is 5.66 Å². The molecule has 5 nitrogen and oxygen atoms in total. The van der Waals surface area contributed by atoms with Crippen LogP contribution in [0.1, 0.15) is 24.2 Å². The van der Waals surface area contributed by atoms with E-state index in [9.17, 15) is 0 Å². The molecule has 2 heterocycles. The molecule has 1 aliphatic heterocycles. The predicted octanol–water partition coefficient (Wildman–Crippen LogP) is 1.87. The number of nitrogens with one attached hydrogen (secondary N) is 1. The standard InChI is InChI=1S/C18H24N4O/c1-18(19,17-9-5-6-10-21-17)22-12-11-20-13-15(22)14-7-3-4-8-16(14)23-2/h3-10,15,20H,11-13,19H2,1-2H3. The molecule has 0 amide bonds. The minimum atomic E-state index is -0.644. The molecule has 0 spiro atoms. The summed E-state index contributed by atoms with van der Waals surface area (Å²) in [4.78, 5) is 6.79. The zero-order valence-electron chi connectivity index (χ0n) is 13.7. The van der Waals surface area contributed by atoms with E-state index in [4.69, 9.17) is 10.5 Å². The number of nitrogens with zero attached hydrogens (tertiary/aromatic N) is 2. The number of pyridine rings is 1. The fraction of sp³-hybridized carbons (Fsp3) is 0.389. The van der Waals surface area contributed by atoms with Gasteiger partial charge in [0.05, 0.1) is 18.8 Å². The van der Waals surface area contributed by atoms with E-state index in [2.05, 4.69) is 21.3 Å². The van der Waals surface area contributed by atoms with E-state index >= 15 is 0 Å². The van der Waals surface area contributed by atoms with Gasteiger partial charge in [-0.2, -0.15) is 0 Å². The van der Waals surface area contributed by atoms with E-state index in [-0.39, 0.29) is 6.04 Å². The number of rotatable bonds is 4. The number of para-hydroxylation sites is 1. The third-order valence-electron chi connectivity index (χ3n) is 4.52. The van der Waals surface area contributed by atoms with Crippen LogP contribution in [0.15, 0.2) is 48.7 Å². The summed E-state index contributed by atoms with van der Waals surface area (Å²) in [5.41, 5.74) is 8.11. The van der Waals surface area contributed by atoms with Crippen molar-refractivity contribution in [2.24, 2.45) is 5.73 Å².